The van der Waals surface area contributed by atoms with E-state index in [0.717, 1.165) is 44.8 Å². The van der Waals surface area contributed by atoms with Crippen molar-refractivity contribution in [2.45, 2.75) is 6.42 Å². The summed E-state index contributed by atoms with van der Waals surface area (Å²) >= 11 is 0. The van der Waals surface area contributed by atoms with Crippen LogP contribution in [0.4, 0.5) is 10.1 Å². The molecule has 3 nitrogen and oxygen atoms in total. The average molecular weight is 238 g/mol. The number of aliphatic hydroxyl groups excluding tert-OH is 1. The molecule has 2 rings (SSSR count). The summed E-state index contributed by atoms with van der Waals surface area (Å²) < 4.78 is 12.8. The molecule has 0 radical (unpaired) electrons. The van der Waals surface area contributed by atoms with E-state index in [1.807, 2.05) is 12.1 Å². The number of rotatable bonds is 4. The van der Waals surface area contributed by atoms with E-state index in [1.165, 1.54) is 12.1 Å². The fraction of sp³-hybridized carbons (Fsp3) is 0.538. The minimum absolute atomic E-state index is 0.185. The molecule has 0 bridgehead atoms. The van der Waals surface area contributed by atoms with Crippen molar-refractivity contribution in [3.63, 3.8) is 0 Å². The largest absolute Gasteiger partial charge is 0.396 e. The van der Waals surface area contributed by atoms with Gasteiger partial charge in [0.2, 0.25) is 0 Å². The highest BCUT2D eigenvalue weighted by atomic mass is 19.1. The minimum atomic E-state index is -0.185. The molecule has 1 aliphatic rings. The first-order chi connectivity index (χ1) is 8.29. The first-order valence-corrected chi connectivity index (χ1v) is 6.13. The van der Waals surface area contributed by atoms with Crippen LogP contribution in [0.5, 0.6) is 0 Å². The monoisotopic (exact) mass is 238 g/mol. The predicted molar refractivity (Wildman–Crippen MR) is 66.8 cm³/mol. The molecule has 0 aliphatic carbocycles. The van der Waals surface area contributed by atoms with Crippen molar-refractivity contribution in [1.29, 1.82) is 0 Å². The Hall–Kier alpha value is -1.13. The quantitative estimate of drug-likeness (QED) is 0.857. The van der Waals surface area contributed by atoms with E-state index >= 15 is 0 Å². The molecule has 0 unspecified atom stereocenters. The summed E-state index contributed by atoms with van der Waals surface area (Å²) in [6.07, 6.45) is 0.844. The van der Waals surface area contributed by atoms with Gasteiger partial charge in [-0.15, -0.1) is 0 Å². The van der Waals surface area contributed by atoms with Gasteiger partial charge < -0.3 is 10.0 Å². The van der Waals surface area contributed by atoms with Crippen LogP contribution in [0.2, 0.25) is 0 Å². The number of halogens is 1. The summed E-state index contributed by atoms with van der Waals surface area (Å²) in [7, 11) is 0. The molecule has 0 aromatic heterocycles. The molecule has 94 valence electrons. The first kappa shape index (κ1) is 12.3. The van der Waals surface area contributed by atoms with Crippen LogP contribution in [-0.2, 0) is 0 Å². The minimum Gasteiger partial charge on any atom is -0.396 e. The number of piperazine rings is 1. The van der Waals surface area contributed by atoms with Crippen LogP contribution >= 0.6 is 0 Å². The molecule has 1 aromatic carbocycles. The third-order valence-corrected chi connectivity index (χ3v) is 3.20. The van der Waals surface area contributed by atoms with Crippen molar-refractivity contribution in [2.24, 2.45) is 0 Å². The van der Waals surface area contributed by atoms with Gasteiger partial charge in [-0.1, -0.05) is 0 Å². The second-order valence-corrected chi connectivity index (χ2v) is 4.38. The van der Waals surface area contributed by atoms with Crippen molar-refractivity contribution >= 4 is 5.69 Å². The van der Waals surface area contributed by atoms with Gasteiger partial charge in [0.25, 0.3) is 0 Å². The zero-order valence-corrected chi connectivity index (χ0v) is 9.98. The second kappa shape index (κ2) is 5.98. The van der Waals surface area contributed by atoms with Gasteiger partial charge in [0.15, 0.2) is 0 Å². The van der Waals surface area contributed by atoms with Crippen molar-refractivity contribution in [2.75, 3.05) is 44.2 Å². The third-order valence-electron chi connectivity index (χ3n) is 3.20. The average Bonchev–Trinajstić information content (AvgIpc) is 2.38. The molecule has 17 heavy (non-hydrogen) atoms. The molecule has 0 amide bonds. The Bertz CT molecular complexity index is 334. The van der Waals surface area contributed by atoms with Gasteiger partial charge in [0.1, 0.15) is 5.82 Å². The van der Waals surface area contributed by atoms with Crippen molar-refractivity contribution in [3.05, 3.63) is 30.1 Å². The lowest BCUT2D eigenvalue weighted by molar-refractivity contribution is 0.216. The van der Waals surface area contributed by atoms with Crippen molar-refractivity contribution in [3.8, 4) is 0 Å². The normalized spacial score (nSPS) is 17.4. The Morgan fingerprint density at radius 1 is 1.06 bits per heavy atom. The SMILES string of the molecule is OCCCN1CCN(c2ccc(F)cc2)CC1. The molecule has 1 aromatic rings. The lowest BCUT2D eigenvalue weighted by Gasteiger charge is -2.36. The lowest BCUT2D eigenvalue weighted by Crippen LogP contribution is -2.46. The Morgan fingerprint density at radius 3 is 2.29 bits per heavy atom. The van der Waals surface area contributed by atoms with Crippen LogP contribution in [0.15, 0.2) is 24.3 Å². The van der Waals surface area contributed by atoms with Crippen LogP contribution < -0.4 is 4.90 Å². The van der Waals surface area contributed by atoms with Crippen LogP contribution in [-0.4, -0.2) is 49.3 Å². The number of hydrogen-bond donors (Lipinski definition) is 1. The van der Waals surface area contributed by atoms with E-state index in [4.69, 9.17) is 5.11 Å². The van der Waals surface area contributed by atoms with Gasteiger partial charge in [-0.25, -0.2) is 4.39 Å². The maximum Gasteiger partial charge on any atom is 0.123 e. The van der Waals surface area contributed by atoms with E-state index < -0.39 is 0 Å². The number of aliphatic hydroxyl groups is 1. The van der Waals surface area contributed by atoms with Gasteiger partial charge in [0.05, 0.1) is 0 Å². The van der Waals surface area contributed by atoms with Gasteiger partial charge in [-0.3, -0.25) is 4.90 Å². The van der Waals surface area contributed by atoms with Crippen molar-refractivity contribution in [1.82, 2.24) is 4.90 Å². The standard InChI is InChI=1S/C13H19FN2O/c14-12-2-4-13(5-3-12)16-9-7-15(8-10-16)6-1-11-17/h2-5,17H,1,6-11H2. The summed E-state index contributed by atoms with van der Waals surface area (Å²) in [6, 6.07) is 6.68. The summed E-state index contributed by atoms with van der Waals surface area (Å²) in [5.41, 5.74) is 1.09. The van der Waals surface area contributed by atoms with Gasteiger partial charge in [-0.05, 0) is 30.7 Å². The molecule has 0 spiro atoms. The molecule has 0 atom stereocenters. The lowest BCUT2D eigenvalue weighted by atomic mass is 10.2. The first-order valence-electron chi connectivity index (χ1n) is 6.13. The van der Waals surface area contributed by atoms with E-state index in [2.05, 4.69) is 9.80 Å². The van der Waals surface area contributed by atoms with Crippen LogP contribution in [0.3, 0.4) is 0 Å². The predicted octanol–water partition coefficient (Wildman–Crippen LogP) is 1.33. The highest BCUT2D eigenvalue weighted by Gasteiger charge is 2.16. The van der Waals surface area contributed by atoms with E-state index in [-0.39, 0.29) is 12.4 Å². The zero-order valence-electron chi connectivity index (χ0n) is 9.98. The maximum atomic E-state index is 12.8. The fourth-order valence-corrected chi connectivity index (χ4v) is 2.18. The van der Waals surface area contributed by atoms with Crippen LogP contribution in [0.25, 0.3) is 0 Å². The van der Waals surface area contributed by atoms with Crippen LogP contribution in [0, 0.1) is 5.82 Å². The summed E-state index contributed by atoms with van der Waals surface area (Å²) in [4.78, 5) is 4.63. The van der Waals surface area contributed by atoms with Crippen molar-refractivity contribution < 1.29 is 9.50 Å². The molecule has 1 fully saturated rings. The van der Waals surface area contributed by atoms with E-state index in [1.54, 1.807) is 0 Å². The van der Waals surface area contributed by atoms with Gasteiger partial charge in [0, 0.05) is 45.0 Å². The summed E-state index contributed by atoms with van der Waals surface area (Å²) in [5, 5.41) is 8.78. The highest BCUT2D eigenvalue weighted by molar-refractivity contribution is 5.46. The Labute approximate surface area is 101 Å². The van der Waals surface area contributed by atoms with E-state index in [0.29, 0.717) is 0 Å². The molecule has 1 aliphatic heterocycles. The Morgan fingerprint density at radius 2 is 1.71 bits per heavy atom. The zero-order chi connectivity index (χ0) is 12.1. The topological polar surface area (TPSA) is 26.7 Å². The Kier molecular flexibility index (Phi) is 4.34. The molecule has 1 N–H and O–H groups in total. The fourth-order valence-electron chi connectivity index (χ4n) is 2.18. The summed E-state index contributed by atoms with van der Waals surface area (Å²) in [6.45, 7) is 5.19. The highest BCUT2D eigenvalue weighted by Crippen LogP contribution is 2.16. The van der Waals surface area contributed by atoms with Gasteiger partial charge >= 0.3 is 0 Å². The van der Waals surface area contributed by atoms with Gasteiger partial charge in [-0.2, -0.15) is 0 Å². The van der Waals surface area contributed by atoms with E-state index in [9.17, 15) is 4.39 Å². The molecule has 1 saturated heterocycles. The number of benzene rings is 1. The molecule has 1 heterocycles. The second-order valence-electron chi connectivity index (χ2n) is 4.38. The molecular formula is C13H19FN2O. The Balaban J connectivity index is 1.84. The molecular weight excluding hydrogens is 219 g/mol. The third kappa shape index (κ3) is 3.41. The smallest absolute Gasteiger partial charge is 0.123 e. The summed E-state index contributed by atoms with van der Waals surface area (Å²) in [5.74, 6) is -0.185. The number of hydrogen-bond acceptors (Lipinski definition) is 3. The number of anilines is 1. The maximum absolute atomic E-state index is 12.8. The molecule has 0 saturated carbocycles. The van der Waals surface area contributed by atoms with Crippen LogP contribution in [0.1, 0.15) is 6.42 Å². The molecule has 4 heteroatoms. The number of nitrogens with zero attached hydrogens (tertiary/aromatic N) is 2.